The molecule has 0 aliphatic carbocycles. The number of amidine groups is 1. The van der Waals surface area contributed by atoms with Crippen molar-refractivity contribution in [1.29, 1.82) is 0 Å². The number of thioether (sulfide) groups is 1. The summed E-state index contributed by atoms with van der Waals surface area (Å²) in [6.45, 7) is 0.490. The summed E-state index contributed by atoms with van der Waals surface area (Å²) in [7, 11) is 0. The van der Waals surface area contributed by atoms with Crippen molar-refractivity contribution in [2.24, 2.45) is 10.2 Å². The molecule has 1 amide bonds. The van der Waals surface area contributed by atoms with Gasteiger partial charge in [-0.2, -0.15) is 10.2 Å². The van der Waals surface area contributed by atoms with Gasteiger partial charge in [-0.1, -0.05) is 71.4 Å². The number of rotatable bonds is 5. The Hall–Kier alpha value is -2.61. The summed E-state index contributed by atoms with van der Waals surface area (Å²) in [6.07, 6.45) is 3.52. The number of amides is 1. The van der Waals surface area contributed by atoms with E-state index in [9.17, 15) is 4.79 Å². The molecular formula is C20H15Cl2N5OS. The topological polar surface area (TPSA) is 71.6 Å². The first kappa shape index (κ1) is 19.7. The Morgan fingerprint density at radius 2 is 2.03 bits per heavy atom. The van der Waals surface area contributed by atoms with Crippen molar-refractivity contribution in [2.75, 3.05) is 5.75 Å². The van der Waals surface area contributed by atoms with Crippen LogP contribution < -0.4 is 5.32 Å². The van der Waals surface area contributed by atoms with Crippen LogP contribution in [0.15, 0.2) is 64.9 Å². The SMILES string of the molecule is O=C1CS/C(=N\N=C/c2cn(Cc3ccc(Cl)cc3Cl)nc2-c2ccccc2)N1. The van der Waals surface area contributed by atoms with Crippen molar-refractivity contribution in [3.8, 4) is 11.3 Å². The second-order valence-electron chi connectivity index (χ2n) is 6.22. The number of hydrogen-bond donors (Lipinski definition) is 1. The van der Waals surface area contributed by atoms with E-state index in [1.165, 1.54) is 11.8 Å². The van der Waals surface area contributed by atoms with E-state index in [4.69, 9.17) is 28.3 Å². The molecule has 1 N–H and O–H groups in total. The van der Waals surface area contributed by atoms with Crippen molar-refractivity contribution in [3.63, 3.8) is 0 Å². The van der Waals surface area contributed by atoms with E-state index in [1.54, 1.807) is 23.0 Å². The lowest BCUT2D eigenvalue weighted by molar-refractivity contribution is -0.116. The third kappa shape index (κ3) is 4.87. The lowest BCUT2D eigenvalue weighted by atomic mass is 10.1. The monoisotopic (exact) mass is 443 g/mol. The molecule has 1 aromatic heterocycles. The van der Waals surface area contributed by atoms with Gasteiger partial charge in [0.15, 0.2) is 5.17 Å². The summed E-state index contributed by atoms with van der Waals surface area (Å²) >= 11 is 13.6. The van der Waals surface area contributed by atoms with E-state index < -0.39 is 0 Å². The lowest BCUT2D eigenvalue weighted by Crippen LogP contribution is -2.19. The minimum Gasteiger partial charge on any atom is -0.303 e. The van der Waals surface area contributed by atoms with E-state index in [0.29, 0.717) is 27.5 Å². The van der Waals surface area contributed by atoms with Crippen LogP contribution in [-0.4, -0.2) is 32.8 Å². The molecule has 1 aliphatic rings. The summed E-state index contributed by atoms with van der Waals surface area (Å²) in [5, 5.41) is 17.2. The number of carbonyl (C=O) groups excluding carboxylic acids is 1. The number of hydrogen-bond acceptors (Lipinski definition) is 5. The molecule has 0 unspecified atom stereocenters. The first-order chi connectivity index (χ1) is 14.1. The van der Waals surface area contributed by atoms with Crippen molar-refractivity contribution >= 4 is 52.3 Å². The molecular weight excluding hydrogens is 429 g/mol. The molecule has 6 nitrogen and oxygen atoms in total. The summed E-state index contributed by atoms with van der Waals surface area (Å²) in [5.41, 5.74) is 3.46. The van der Waals surface area contributed by atoms with Crippen LogP contribution in [0.1, 0.15) is 11.1 Å². The molecule has 0 saturated carbocycles. The van der Waals surface area contributed by atoms with Gasteiger partial charge in [0.2, 0.25) is 5.91 Å². The molecule has 1 fully saturated rings. The van der Waals surface area contributed by atoms with Crippen LogP contribution in [0.2, 0.25) is 10.0 Å². The standard InChI is InChI=1S/C20H15Cl2N5OS/c21-16-7-6-14(17(22)8-16)10-27-11-15(9-23-25-20-24-18(28)12-29-20)19(26-27)13-4-2-1-3-5-13/h1-9,11H,10,12H2,(H,24,25,28)/b23-9-. The zero-order valence-electron chi connectivity index (χ0n) is 15.0. The van der Waals surface area contributed by atoms with Gasteiger partial charge in [-0.15, -0.1) is 5.10 Å². The van der Waals surface area contributed by atoms with Gasteiger partial charge in [0.25, 0.3) is 0 Å². The average molecular weight is 444 g/mol. The van der Waals surface area contributed by atoms with Crippen LogP contribution in [0.3, 0.4) is 0 Å². The predicted octanol–water partition coefficient (Wildman–Crippen LogP) is 4.46. The van der Waals surface area contributed by atoms with Crippen molar-refractivity contribution < 1.29 is 4.79 Å². The van der Waals surface area contributed by atoms with Crippen LogP contribution in [0.4, 0.5) is 0 Å². The fraction of sp³-hybridized carbons (Fsp3) is 0.100. The van der Waals surface area contributed by atoms with E-state index in [2.05, 4.69) is 15.5 Å². The first-order valence-electron chi connectivity index (χ1n) is 8.69. The highest BCUT2D eigenvalue weighted by molar-refractivity contribution is 8.15. The van der Waals surface area contributed by atoms with Gasteiger partial charge in [-0.3, -0.25) is 9.48 Å². The van der Waals surface area contributed by atoms with Crippen LogP contribution in [0, 0.1) is 0 Å². The van der Waals surface area contributed by atoms with Gasteiger partial charge >= 0.3 is 0 Å². The Morgan fingerprint density at radius 1 is 1.21 bits per heavy atom. The second kappa shape index (κ2) is 8.82. The maximum absolute atomic E-state index is 11.3. The van der Waals surface area contributed by atoms with Gasteiger partial charge in [0.1, 0.15) is 5.69 Å². The zero-order chi connectivity index (χ0) is 20.2. The molecule has 9 heteroatoms. The van der Waals surface area contributed by atoms with Crippen LogP contribution in [0.5, 0.6) is 0 Å². The van der Waals surface area contributed by atoms with E-state index in [0.717, 1.165) is 22.4 Å². The molecule has 146 valence electrons. The molecule has 29 heavy (non-hydrogen) atoms. The molecule has 4 rings (SSSR count). The van der Waals surface area contributed by atoms with Crippen LogP contribution in [0.25, 0.3) is 11.3 Å². The molecule has 0 atom stereocenters. The number of nitrogens with one attached hydrogen (secondary N) is 1. The van der Waals surface area contributed by atoms with Gasteiger partial charge < -0.3 is 5.32 Å². The van der Waals surface area contributed by atoms with E-state index in [1.807, 2.05) is 42.6 Å². The first-order valence-corrected chi connectivity index (χ1v) is 10.4. The Labute approximate surface area is 181 Å². The Bertz CT molecular complexity index is 1110. The largest absolute Gasteiger partial charge is 0.303 e. The van der Waals surface area contributed by atoms with Gasteiger partial charge in [0, 0.05) is 27.4 Å². The third-order valence-electron chi connectivity index (χ3n) is 4.12. The maximum Gasteiger partial charge on any atom is 0.236 e. The molecule has 0 bridgehead atoms. The van der Waals surface area contributed by atoms with E-state index in [-0.39, 0.29) is 5.91 Å². The van der Waals surface area contributed by atoms with Crippen molar-refractivity contribution in [2.45, 2.75) is 6.54 Å². The number of carbonyl (C=O) groups is 1. The summed E-state index contributed by atoms with van der Waals surface area (Å²) in [6, 6.07) is 15.2. The Morgan fingerprint density at radius 3 is 2.76 bits per heavy atom. The molecule has 2 aromatic carbocycles. The Balaban J connectivity index is 1.64. The van der Waals surface area contributed by atoms with Gasteiger partial charge in [0.05, 0.1) is 18.5 Å². The zero-order valence-corrected chi connectivity index (χ0v) is 17.4. The highest BCUT2D eigenvalue weighted by Crippen LogP contribution is 2.24. The fourth-order valence-corrected chi connectivity index (χ4v) is 3.88. The van der Waals surface area contributed by atoms with E-state index >= 15 is 0 Å². The normalized spacial score (nSPS) is 15.4. The smallest absolute Gasteiger partial charge is 0.236 e. The molecule has 3 aromatic rings. The van der Waals surface area contributed by atoms with Crippen LogP contribution >= 0.6 is 35.0 Å². The Kier molecular flexibility index (Phi) is 5.99. The fourth-order valence-electron chi connectivity index (χ4n) is 2.78. The van der Waals surface area contributed by atoms with Gasteiger partial charge in [-0.25, -0.2) is 0 Å². The van der Waals surface area contributed by atoms with Crippen LogP contribution in [-0.2, 0) is 11.3 Å². The summed E-state index contributed by atoms with van der Waals surface area (Å²) in [4.78, 5) is 11.3. The second-order valence-corrected chi connectivity index (χ2v) is 8.03. The number of halogens is 2. The highest BCUT2D eigenvalue weighted by Gasteiger charge is 2.16. The minimum atomic E-state index is -0.0680. The summed E-state index contributed by atoms with van der Waals surface area (Å²) in [5.74, 6) is 0.297. The summed E-state index contributed by atoms with van der Waals surface area (Å²) < 4.78 is 1.80. The van der Waals surface area contributed by atoms with Crippen molar-refractivity contribution in [1.82, 2.24) is 15.1 Å². The maximum atomic E-state index is 11.3. The predicted molar refractivity (Wildman–Crippen MR) is 119 cm³/mol. The molecule has 0 spiro atoms. The third-order valence-corrected chi connectivity index (χ3v) is 5.57. The number of benzene rings is 2. The molecule has 2 heterocycles. The number of nitrogens with zero attached hydrogens (tertiary/aromatic N) is 4. The molecule has 0 radical (unpaired) electrons. The minimum absolute atomic E-state index is 0.0680. The lowest BCUT2D eigenvalue weighted by Gasteiger charge is -2.05. The molecule has 1 saturated heterocycles. The van der Waals surface area contributed by atoms with Gasteiger partial charge in [-0.05, 0) is 17.7 Å². The highest BCUT2D eigenvalue weighted by atomic mass is 35.5. The molecule has 1 aliphatic heterocycles. The number of aromatic nitrogens is 2. The van der Waals surface area contributed by atoms with Crippen molar-refractivity contribution in [3.05, 3.63) is 75.9 Å². The average Bonchev–Trinajstić information content (AvgIpc) is 3.31. The quantitative estimate of drug-likeness (QED) is 0.467.